The smallest absolute Gasteiger partial charge is 0.326 e. The summed E-state index contributed by atoms with van der Waals surface area (Å²) in [5.41, 5.74) is 2.62. The number of hydrogen-bond donors (Lipinski definition) is 2. The van der Waals surface area contributed by atoms with E-state index in [9.17, 15) is 14.7 Å². The van der Waals surface area contributed by atoms with Crippen LogP contribution in [0.2, 0.25) is 0 Å². The van der Waals surface area contributed by atoms with Gasteiger partial charge in [-0.25, -0.2) is 9.78 Å². The maximum Gasteiger partial charge on any atom is 0.326 e. The molecule has 0 spiro atoms. The third-order valence-corrected chi connectivity index (χ3v) is 7.58. The number of rotatable bonds is 11. The Morgan fingerprint density at radius 3 is 2.37 bits per heavy atom. The van der Waals surface area contributed by atoms with E-state index < -0.39 is 12.0 Å². The Bertz CT molecular complexity index is 1190. The molecular formula is C31H38N2O5. The normalized spacial score (nSPS) is 18.2. The van der Waals surface area contributed by atoms with Gasteiger partial charge < -0.3 is 19.6 Å². The summed E-state index contributed by atoms with van der Waals surface area (Å²) in [4.78, 5) is 29.2. The number of benzene rings is 2. The van der Waals surface area contributed by atoms with E-state index >= 15 is 0 Å². The molecule has 7 heteroatoms. The third kappa shape index (κ3) is 7.24. The van der Waals surface area contributed by atoms with E-state index in [0.29, 0.717) is 36.5 Å². The molecule has 2 N–H and O–H groups in total. The maximum atomic E-state index is 12.8. The molecule has 1 aliphatic carbocycles. The van der Waals surface area contributed by atoms with E-state index in [1.807, 2.05) is 61.5 Å². The van der Waals surface area contributed by atoms with Crippen molar-refractivity contribution in [3.05, 3.63) is 71.6 Å². The fourth-order valence-corrected chi connectivity index (χ4v) is 5.12. The van der Waals surface area contributed by atoms with E-state index in [2.05, 4.69) is 24.1 Å². The van der Waals surface area contributed by atoms with Crippen molar-refractivity contribution >= 4 is 11.9 Å². The van der Waals surface area contributed by atoms with Gasteiger partial charge in [0.15, 0.2) is 0 Å². The molecule has 38 heavy (non-hydrogen) atoms. The summed E-state index contributed by atoms with van der Waals surface area (Å²) in [6.07, 6.45) is 4.54. The van der Waals surface area contributed by atoms with Crippen molar-refractivity contribution in [2.45, 2.75) is 65.3 Å². The number of aliphatic carboxylic acids is 1. The molecule has 2 aromatic carbocycles. The minimum atomic E-state index is -1.02. The van der Waals surface area contributed by atoms with Gasteiger partial charge in [-0.1, -0.05) is 44.2 Å². The zero-order chi connectivity index (χ0) is 27.1. The number of carbonyl (C=O) groups is 2. The number of aromatic nitrogens is 1. The van der Waals surface area contributed by atoms with Gasteiger partial charge >= 0.3 is 5.97 Å². The molecule has 1 aliphatic rings. The quantitative estimate of drug-likeness (QED) is 0.330. The summed E-state index contributed by atoms with van der Waals surface area (Å²) >= 11 is 0. The summed E-state index contributed by atoms with van der Waals surface area (Å²) in [6.45, 7) is 6.79. The second kappa shape index (κ2) is 12.8. The Morgan fingerprint density at radius 1 is 1.05 bits per heavy atom. The zero-order valence-electron chi connectivity index (χ0n) is 22.5. The molecule has 1 saturated carbocycles. The molecule has 1 amide bonds. The number of aryl methyl sites for hydroxylation is 1. The molecule has 1 aromatic heterocycles. The highest BCUT2D eigenvalue weighted by atomic mass is 16.5. The zero-order valence-corrected chi connectivity index (χ0v) is 22.5. The Kier molecular flexibility index (Phi) is 9.21. The minimum Gasteiger partial charge on any atom is -0.493 e. The molecule has 202 valence electrons. The number of oxazole rings is 1. The lowest BCUT2D eigenvalue weighted by Gasteiger charge is -2.30. The summed E-state index contributed by atoms with van der Waals surface area (Å²) in [6, 6.07) is 16.2. The Morgan fingerprint density at radius 2 is 1.74 bits per heavy atom. The van der Waals surface area contributed by atoms with Gasteiger partial charge in [0.05, 0.1) is 12.3 Å². The van der Waals surface area contributed by atoms with Crippen LogP contribution in [0, 0.1) is 24.7 Å². The summed E-state index contributed by atoms with van der Waals surface area (Å²) in [5, 5.41) is 12.5. The third-order valence-electron chi connectivity index (χ3n) is 7.58. The minimum absolute atomic E-state index is 0.0975. The number of nitrogens with zero attached hydrogens (tertiary/aromatic N) is 1. The molecule has 1 fully saturated rings. The number of nitrogens with one attached hydrogen (secondary N) is 1. The van der Waals surface area contributed by atoms with E-state index in [0.717, 1.165) is 48.3 Å². The Labute approximate surface area is 224 Å². The van der Waals surface area contributed by atoms with Gasteiger partial charge in [0, 0.05) is 24.3 Å². The lowest BCUT2D eigenvalue weighted by atomic mass is 9.76. The molecule has 0 unspecified atom stereocenters. The van der Waals surface area contributed by atoms with Crippen LogP contribution in [-0.4, -0.2) is 34.6 Å². The summed E-state index contributed by atoms with van der Waals surface area (Å²) < 4.78 is 11.7. The SMILES string of the molecule is Cc1oc(-c2ccccc2)nc1CCOc1ccc(C[C@H](NC(=O)[C@H]2CC[C@H](C(C)C)CC2)C(=O)O)cc1. The number of carboxylic acids is 1. The van der Waals surface area contributed by atoms with Gasteiger partial charge in [-0.3, -0.25) is 4.79 Å². The summed E-state index contributed by atoms with van der Waals surface area (Å²) in [5.74, 6) is 2.09. The van der Waals surface area contributed by atoms with Crippen molar-refractivity contribution in [1.29, 1.82) is 0 Å². The molecule has 3 aromatic rings. The van der Waals surface area contributed by atoms with Crippen molar-refractivity contribution < 1.29 is 23.8 Å². The van der Waals surface area contributed by atoms with Crippen LogP contribution in [0.4, 0.5) is 0 Å². The first-order chi connectivity index (χ1) is 18.3. The lowest BCUT2D eigenvalue weighted by molar-refractivity contribution is -0.142. The number of hydrogen-bond acceptors (Lipinski definition) is 5. The molecule has 1 heterocycles. The van der Waals surface area contributed by atoms with Gasteiger partial charge in [0.25, 0.3) is 0 Å². The van der Waals surface area contributed by atoms with Crippen molar-refractivity contribution in [3.63, 3.8) is 0 Å². The molecule has 0 aliphatic heterocycles. The Balaban J connectivity index is 1.26. The van der Waals surface area contributed by atoms with E-state index in [1.165, 1.54) is 0 Å². The highest BCUT2D eigenvalue weighted by Crippen LogP contribution is 2.33. The number of amides is 1. The number of carboxylic acid groups (broad SMARTS) is 1. The predicted octanol–water partition coefficient (Wildman–Crippen LogP) is 5.85. The average Bonchev–Trinajstić information content (AvgIpc) is 3.30. The molecular weight excluding hydrogens is 480 g/mol. The van der Waals surface area contributed by atoms with Crippen LogP contribution in [0.15, 0.2) is 59.0 Å². The van der Waals surface area contributed by atoms with E-state index in [4.69, 9.17) is 9.15 Å². The second-order valence-electron chi connectivity index (χ2n) is 10.6. The van der Waals surface area contributed by atoms with Gasteiger partial charge in [0.1, 0.15) is 17.6 Å². The first kappa shape index (κ1) is 27.4. The topological polar surface area (TPSA) is 102 Å². The lowest BCUT2D eigenvalue weighted by Crippen LogP contribution is -2.45. The van der Waals surface area contributed by atoms with E-state index in [-0.39, 0.29) is 18.2 Å². The largest absolute Gasteiger partial charge is 0.493 e. The van der Waals surface area contributed by atoms with Crippen LogP contribution in [-0.2, 0) is 22.4 Å². The van der Waals surface area contributed by atoms with Crippen molar-refractivity contribution in [1.82, 2.24) is 10.3 Å². The predicted molar refractivity (Wildman–Crippen MR) is 146 cm³/mol. The highest BCUT2D eigenvalue weighted by Gasteiger charge is 2.30. The molecule has 4 rings (SSSR count). The van der Waals surface area contributed by atoms with Crippen LogP contribution in [0.1, 0.15) is 56.5 Å². The molecule has 0 saturated heterocycles. The van der Waals surface area contributed by atoms with Crippen molar-refractivity contribution in [3.8, 4) is 17.2 Å². The average molecular weight is 519 g/mol. The van der Waals surface area contributed by atoms with Crippen molar-refractivity contribution in [2.24, 2.45) is 17.8 Å². The monoisotopic (exact) mass is 518 g/mol. The fraction of sp³-hybridized carbons (Fsp3) is 0.452. The van der Waals surface area contributed by atoms with E-state index in [1.54, 1.807) is 0 Å². The maximum absolute atomic E-state index is 12.8. The highest BCUT2D eigenvalue weighted by molar-refractivity contribution is 5.85. The van der Waals surface area contributed by atoms with Crippen LogP contribution in [0.5, 0.6) is 5.75 Å². The van der Waals surface area contributed by atoms with Gasteiger partial charge in [0.2, 0.25) is 11.8 Å². The molecule has 1 atom stereocenters. The van der Waals surface area contributed by atoms with Crippen LogP contribution < -0.4 is 10.1 Å². The van der Waals surface area contributed by atoms with Crippen molar-refractivity contribution in [2.75, 3.05) is 6.61 Å². The summed E-state index contributed by atoms with van der Waals surface area (Å²) in [7, 11) is 0. The first-order valence-electron chi connectivity index (χ1n) is 13.6. The second-order valence-corrected chi connectivity index (χ2v) is 10.6. The standard InChI is InChI=1S/C31H38N2O5/c1-20(2)23-11-13-24(14-12-23)29(34)32-28(31(35)36)19-22-9-15-26(16-10-22)37-18-17-27-21(3)38-30(33-27)25-7-5-4-6-8-25/h4-10,15-16,20,23-24,28H,11-14,17-19H2,1-3H3,(H,32,34)(H,35,36)/t23-,24-,28-/m0/s1. The fourth-order valence-electron chi connectivity index (χ4n) is 5.12. The molecule has 7 nitrogen and oxygen atoms in total. The van der Waals surface area contributed by atoms with Gasteiger partial charge in [-0.05, 0) is 74.3 Å². The molecule has 0 radical (unpaired) electrons. The van der Waals surface area contributed by atoms with Crippen LogP contribution in [0.25, 0.3) is 11.5 Å². The Hall–Kier alpha value is -3.61. The molecule has 0 bridgehead atoms. The van der Waals surface area contributed by atoms with Crippen LogP contribution in [0.3, 0.4) is 0 Å². The number of ether oxygens (including phenoxy) is 1. The van der Waals surface area contributed by atoms with Gasteiger partial charge in [-0.15, -0.1) is 0 Å². The van der Waals surface area contributed by atoms with Gasteiger partial charge in [-0.2, -0.15) is 0 Å². The van der Waals surface area contributed by atoms with Crippen LogP contribution >= 0.6 is 0 Å². The number of carbonyl (C=O) groups excluding carboxylic acids is 1. The first-order valence-corrected chi connectivity index (χ1v) is 13.6.